The van der Waals surface area contributed by atoms with Crippen LogP contribution in [0.15, 0.2) is 18.2 Å². The Morgan fingerprint density at radius 2 is 2.12 bits per heavy atom. The van der Waals surface area contributed by atoms with Gasteiger partial charge in [0.05, 0.1) is 0 Å². The third-order valence-electron chi connectivity index (χ3n) is 2.13. The first kappa shape index (κ1) is 12.6. The van der Waals surface area contributed by atoms with Crippen LogP contribution >= 0.6 is 0 Å². The summed E-state index contributed by atoms with van der Waals surface area (Å²) in [4.78, 5) is 10.5. The van der Waals surface area contributed by atoms with Gasteiger partial charge in [0.15, 0.2) is 0 Å². The fraction of sp³-hybridized carbons (Fsp3) is 0.222. The van der Waals surface area contributed by atoms with Crippen LogP contribution in [0.2, 0.25) is 0 Å². The summed E-state index contributed by atoms with van der Waals surface area (Å²) in [5.41, 5.74) is 5.38. The number of nitrogens with two attached hydrogens (primary N) is 1. The van der Waals surface area contributed by atoms with E-state index >= 15 is 0 Å². The van der Waals surface area contributed by atoms with E-state index in [9.17, 15) is 9.18 Å². The van der Waals surface area contributed by atoms with Gasteiger partial charge in [-0.25, -0.2) is 4.39 Å². The highest BCUT2D eigenvalue weighted by molar-refractivity contribution is 6.58. The topological polar surface area (TPSA) is 104 Å². The molecule has 5 N–H and O–H groups in total. The van der Waals surface area contributed by atoms with Gasteiger partial charge >= 0.3 is 13.1 Å². The zero-order valence-corrected chi connectivity index (χ0v) is 8.30. The van der Waals surface area contributed by atoms with Crippen molar-refractivity contribution in [2.45, 2.75) is 12.5 Å². The van der Waals surface area contributed by atoms with E-state index in [0.717, 1.165) is 6.07 Å². The van der Waals surface area contributed by atoms with Crippen molar-refractivity contribution in [2.75, 3.05) is 0 Å². The van der Waals surface area contributed by atoms with Crippen molar-refractivity contribution < 1.29 is 24.3 Å². The van der Waals surface area contributed by atoms with E-state index in [4.69, 9.17) is 20.9 Å². The summed E-state index contributed by atoms with van der Waals surface area (Å²) in [5.74, 6) is -1.92. The lowest BCUT2D eigenvalue weighted by molar-refractivity contribution is -0.138. The largest absolute Gasteiger partial charge is 0.488 e. The Morgan fingerprint density at radius 3 is 2.56 bits per heavy atom. The Morgan fingerprint density at radius 1 is 1.50 bits per heavy atom. The second-order valence-electron chi connectivity index (χ2n) is 3.37. The molecule has 0 saturated heterocycles. The fourth-order valence-corrected chi connectivity index (χ4v) is 1.21. The molecule has 0 fully saturated rings. The maximum atomic E-state index is 13.4. The van der Waals surface area contributed by atoms with Gasteiger partial charge < -0.3 is 20.9 Å². The first-order valence-corrected chi connectivity index (χ1v) is 4.54. The Kier molecular flexibility index (Phi) is 4.00. The minimum atomic E-state index is -1.75. The van der Waals surface area contributed by atoms with Gasteiger partial charge in [0.25, 0.3) is 0 Å². The van der Waals surface area contributed by atoms with Crippen LogP contribution in [0.3, 0.4) is 0 Å². The standard InChI is InChI=1S/C9H11BFNO4/c11-7-4-6(10(15)16)2-1-5(7)3-8(12)9(13)14/h1-2,4,8,15-16H,3,12H2,(H,13,14). The number of hydrogen-bond donors (Lipinski definition) is 4. The number of hydrogen-bond acceptors (Lipinski definition) is 4. The third-order valence-corrected chi connectivity index (χ3v) is 2.13. The van der Waals surface area contributed by atoms with Gasteiger partial charge in [-0.3, -0.25) is 4.79 Å². The summed E-state index contributed by atoms with van der Waals surface area (Å²) in [6.45, 7) is 0. The number of carbonyl (C=O) groups is 1. The average molecular weight is 227 g/mol. The first-order valence-electron chi connectivity index (χ1n) is 4.54. The van der Waals surface area contributed by atoms with Crippen LogP contribution in [0.1, 0.15) is 5.56 Å². The highest BCUT2D eigenvalue weighted by Crippen LogP contribution is 2.07. The summed E-state index contributed by atoms with van der Waals surface area (Å²) < 4.78 is 13.4. The molecule has 16 heavy (non-hydrogen) atoms. The van der Waals surface area contributed by atoms with Crippen molar-refractivity contribution >= 4 is 18.6 Å². The fourth-order valence-electron chi connectivity index (χ4n) is 1.21. The van der Waals surface area contributed by atoms with Crippen molar-refractivity contribution in [2.24, 2.45) is 5.73 Å². The van der Waals surface area contributed by atoms with Gasteiger partial charge in [-0.15, -0.1) is 0 Å². The Bertz CT molecular complexity index is 399. The molecule has 5 nitrogen and oxygen atoms in total. The van der Waals surface area contributed by atoms with Gasteiger partial charge in [0.1, 0.15) is 11.9 Å². The van der Waals surface area contributed by atoms with E-state index in [-0.39, 0.29) is 17.4 Å². The summed E-state index contributed by atoms with van der Waals surface area (Å²) in [6.07, 6.45) is -0.150. The molecule has 1 unspecified atom stereocenters. The molecule has 0 amide bonds. The number of aliphatic carboxylic acids is 1. The number of halogens is 1. The molecular weight excluding hydrogens is 216 g/mol. The predicted octanol–water partition coefficient (Wildman–Crippen LogP) is -1.54. The van der Waals surface area contributed by atoms with Gasteiger partial charge in [-0.1, -0.05) is 12.1 Å². The maximum Gasteiger partial charge on any atom is 0.488 e. The number of carboxylic acids is 1. The maximum absolute atomic E-state index is 13.4. The molecule has 0 aliphatic heterocycles. The Hall–Kier alpha value is -1.44. The molecule has 1 rings (SSSR count). The number of carboxylic acid groups (broad SMARTS) is 1. The first-order chi connectivity index (χ1) is 7.41. The minimum Gasteiger partial charge on any atom is -0.480 e. The Labute approximate surface area is 91.5 Å². The second kappa shape index (κ2) is 5.06. The lowest BCUT2D eigenvalue weighted by atomic mass is 9.79. The molecule has 0 radical (unpaired) electrons. The molecule has 0 spiro atoms. The SMILES string of the molecule is NC(Cc1ccc(B(O)O)cc1F)C(=O)O. The van der Waals surface area contributed by atoms with Crippen molar-refractivity contribution in [3.8, 4) is 0 Å². The number of benzene rings is 1. The van der Waals surface area contributed by atoms with Gasteiger partial charge in [-0.05, 0) is 17.1 Å². The minimum absolute atomic E-state index is 0.00477. The van der Waals surface area contributed by atoms with E-state index in [0.29, 0.717) is 0 Å². The molecule has 86 valence electrons. The van der Waals surface area contributed by atoms with Crippen LogP contribution in [0.4, 0.5) is 4.39 Å². The van der Waals surface area contributed by atoms with E-state index in [1.165, 1.54) is 12.1 Å². The lowest BCUT2D eigenvalue weighted by Gasteiger charge is -2.08. The lowest BCUT2D eigenvalue weighted by Crippen LogP contribution is -2.33. The average Bonchev–Trinajstić information content (AvgIpc) is 2.20. The third kappa shape index (κ3) is 3.03. The molecule has 1 aromatic carbocycles. The summed E-state index contributed by atoms with van der Waals surface area (Å²) in [7, 11) is -1.75. The molecule has 0 heterocycles. The van der Waals surface area contributed by atoms with Crippen LogP contribution in [-0.4, -0.2) is 34.3 Å². The van der Waals surface area contributed by atoms with E-state index < -0.39 is 24.9 Å². The smallest absolute Gasteiger partial charge is 0.480 e. The highest BCUT2D eigenvalue weighted by Gasteiger charge is 2.17. The van der Waals surface area contributed by atoms with Crippen molar-refractivity contribution in [3.05, 3.63) is 29.6 Å². The monoisotopic (exact) mass is 227 g/mol. The van der Waals surface area contributed by atoms with Crippen LogP contribution in [0.25, 0.3) is 0 Å². The molecular formula is C9H11BFNO4. The molecule has 1 atom stereocenters. The molecule has 0 aliphatic carbocycles. The molecule has 0 aliphatic rings. The van der Waals surface area contributed by atoms with E-state index in [1.54, 1.807) is 0 Å². The van der Waals surface area contributed by atoms with Crippen molar-refractivity contribution in [3.63, 3.8) is 0 Å². The van der Waals surface area contributed by atoms with Crippen LogP contribution in [0.5, 0.6) is 0 Å². The normalized spacial score (nSPS) is 12.2. The van der Waals surface area contributed by atoms with Crippen LogP contribution < -0.4 is 11.2 Å². The summed E-state index contributed by atoms with van der Waals surface area (Å²) in [6, 6.07) is 2.35. The van der Waals surface area contributed by atoms with Gasteiger partial charge in [0, 0.05) is 6.42 Å². The van der Waals surface area contributed by atoms with Gasteiger partial charge in [-0.2, -0.15) is 0 Å². The molecule has 0 saturated carbocycles. The van der Waals surface area contributed by atoms with Gasteiger partial charge in [0.2, 0.25) is 0 Å². The highest BCUT2D eigenvalue weighted by atomic mass is 19.1. The molecule has 1 aromatic rings. The Balaban J connectivity index is 2.87. The molecule has 0 aromatic heterocycles. The van der Waals surface area contributed by atoms with Crippen molar-refractivity contribution in [1.29, 1.82) is 0 Å². The molecule has 0 bridgehead atoms. The summed E-state index contributed by atoms with van der Waals surface area (Å²) >= 11 is 0. The number of rotatable bonds is 4. The van der Waals surface area contributed by atoms with Crippen LogP contribution in [-0.2, 0) is 11.2 Å². The zero-order chi connectivity index (χ0) is 12.3. The quantitative estimate of drug-likeness (QED) is 0.466. The van der Waals surface area contributed by atoms with Crippen LogP contribution in [0, 0.1) is 5.82 Å². The predicted molar refractivity (Wildman–Crippen MR) is 55.5 cm³/mol. The van der Waals surface area contributed by atoms with E-state index in [1.807, 2.05) is 0 Å². The van der Waals surface area contributed by atoms with E-state index in [2.05, 4.69) is 0 Å². The zero-order valence-electron chi connectivity index (χ0n) is 8.30. The second-order valence-corrected chi connectivity index (χ2v) is 3.37. The summed E-state index contributed by atoms with van der Waals surface area (Å²) in [5, 5.41) is 26.1. The molecule has 7 heteroatoms. The van der Waals surface area contributed by atoms with Crippen molar-refractivity contribution in [1.82, 2.24) is 0 Å².